The first kappa shape index (κ1) is 21.5. The molecular weight excluding hydrogens is 466 g/mol. The Labute approximate surface area is 170 Å². The maximum atomic E-state index is 13.0. The maximum Gasteiger partial charge on any atom is 0.416 e. The van der Waals surface area contributed by atoms with E-state index in [9.17, 15) is 30.4 Å². The van der Waals surface area contributed by atoms with Gasteiger partial charge in [-0.15, -0.1) is 0 Å². The van der Waals surface area contributed by atoms with Crippen molar-refractivity contribution in [3.8, 4) is 11.4 Å². The summed E-state index contributed by atoms with van der Waals surface area (Å²) >= 11 is 10.5. The molecule has 3 aromatic rings. The van der Waals surface area contributed by atoms with Gasteiger partial charge in [-0.05, 0) is 35.9 Å². The normalized spacial score (nSPS) is 12.9. The quantitative estimate of drug-likeness (QED) is 0.379. The highest BCUT2D eigenvalue weighted by atomic mass is 35.5. The van der Waals surface area contributed by atoms with Crippen LogP contribution in [0.25, 0.3) is 11.4 Å². The standard InChI is InChI=1S/C16H6Cl2F5N2O3S/c17-11-7-9(16(21,22)23)4-5-12(11)29(26,27)10-3-1-2-8(6-10)13-24-14(28-25-13)15(18,19)20/h1-2,4-7H. The molecule has 1 aromatic heterocycles. The molecule has 0 fully saturated rings. The Bertz CT molecular complexity index is 1170. The summed E-state index contributed by atoms with van der Waals surface area (Å²) in [6, 6.07) is 7.52. The molecule has 0 unspecified atom stereocenters. The van der Waals surface area contributed by atoms with E-state index in [1.165, 1.54) is 6.07 Å². The van der Waals surface area contributed by atoms with Crippen molar-refractivity contribution in [2.24, 2.45) is 0 Å². The van der Waals surface area contributed by atoms with Crippen LogP contribution in [0.4, 0.5) is 22.0 Å². The topological polar surface area (TPSA) is 73.1 Å². The number of halogens is 7. The molecule has 0 saturated carbocycles. The van der Waals surface area contributed by atoms with E-state index in [4.69, 9.17) is 23.2 Å². The first-order valence-corrected chi connectivity index (χ1v) is 9.59. The molecule has 3 rings (SSSR count). The van der Waals surface area contributed by atoms with E-state index in [1.807, 2.05) is 0 Å². The molecule has 29 heavy (non-hydrogen) atoms. The second kappa shape index (κ2) is 7.22. The van der Waals surface area contributed by atoms with Crippen LogP contribution < -0.4 is 0 Å². The molecule has 0 aliphatic rings. The first-order valence-electron chi connectivity index (χ1n) is 7.35. The fourth-order valence-electron chi connectivity index (χ4n) is 2.21. The molecule has 0 spiro atoms. The van der Waals surface area contributed by atoms with Crippen molar-refractivity contribution < 1.29 is 34.9 Å². The van der Waals surface area contributed by atoms with E-state index in [0.29, 0.717) is 18.2 Å². The van der Waals surface area contributed by atoms with Gasteiger partial charge in [0.2, 0.25) is 15.7 Å². The molecule has 153 valence electrons. The van der Waals surface area contributed by atoms with E-state index in [-0.39, 0.29) is 11.4 Å². The summed E-state index contributed by atoms with van der Waals surface area (Å²) in [6.07, 6.45) is -4.71. The average Bonchev–Trinajstić information content (AvgIpc) is 3.11. The van der Waals surface area contributed by atoms with Crippen LogP contribution in [-0.2, 0) is 21.4 Å². The van der Waals surface area contributed by atoms with Gasteiger partial charge in [-0.3, -0.25) is 0 Å². The number of hydrogen-bond donors (Lipinski definition) is 0. The van der Waals surface area contributed by atoms with E-state index >= 15 is 0 Å². The minimum atomic E-state index is -4.71. The summed E-state index contributed by atoms with van der Waals surface area (Å²) in [5, 5.41) is -1.28. The van der Waals surface area contributed by atoms with E-state index in [1.54, 1.807) is 0 Å². The summed E-state index contributed by atoms with van der Waals surface area (Å²) in [7, 11) is -4.40. The van der Waals surface area contributed by atoms with Gasteiger partial charge in [0.1, 0.15) is 0 Å². The molecule has 0 bridgehead atoms. The van der Waals surface area contributed by atoms with Gasteiger partial charge >= 0.3 is 17.4 Å². The number of alkyl halides is 6. The van der Waals surface area contributed by atoms with Crippen molar-refractivity contribution in [1.82, 2.24) is 10.1 Å². The van der Waals surface area contributed by atoms with Crippen LogP contribution in [0.2, 0.25) is 5.02 Å². The van der Waals surface area contributed by atoms with Gasteiger partial charge in [-0.1, -0.05) is 28.9 Å². The van der Waals surface area contributed by atoms with E-state index in [0.717, 1.165) is 12.1 Å². The zero-order valence-corrected chi connectivity index (χ0v) is 16.0. The van der Waals surface area contributed by atoms with Gasteiger partial charge in [0.15, 0.2) is 0 Å². The Morgan fingerprint density at radius 3 is 2.31 bits per heavy atom. The Morgan fingerprint density at radius 2 is 1.76 bits per heavy atom. The molecule has 0 aliphatic carbocycles. The van der Waals surface area contributed by atoms with Crippen molar-refractivity contribution in [2.45, 2.75) is 21.3 Å². The summed E-state index contributed by atoms with van der Waals surface area (Å²) in [4.78, 5) is 2.29. The van der Waals surface area contributed by atoms with Crippen LogP contribution >= 0.6 is 23.2 Å². The number of nitrogens with zero attached hydrogens (tertiary/aromatic N) is 2. The summed E-state index contributed by atoms with van der Waals surface area (Å²) in [6.45, 7) is 0. The second-order valence-electron chi connectivity index (χ2n) is 5.51. The fourth-order valence-corrected chi connectivity index (χ4v) is 4.08. The van der Waals surface area contributed by atoms with Gasteiger partial charge in [-0.2, -0.15) is 26.9 Å². The minimum Gasteiger partial charge on any atom is -0.331 e. The molecule has 1 radical (unpaired) electrons. The Morgan fingerprint density at radius 1 is 1.07 bits per heavy atom. The zero-order valence-electron chi connectivity index (χ0n) is 13.6. The molecule has 2 aromatic carbocycles. The highest BCUT2D eigenvalue weighted by molar-refractivity contribution is 7.91. The van der Waals surface area contributed by atoms with Crippen LogP contribution in [-0.4, -0.2) is 18.6 Å². The summed E-state index contributed by atoms with van der Waals surface area (Å²) in [5.41, 5.74) is -1.17. The molecule has 1 heterocycles. The van der Waals surface area contributed by atoms with Gasteiger partial charge in [0, 0.05) is 11.6 Å². The Hall–Kier alpha value is -2.24. The second-order valence-corrected chi connectivity index (χ2v) is 8.28. The molecular formula is C16H6Cl2F5N2O3S. The van der Waals surface area contributed by atoms with Crippen molar-refractivity contribution in [2.75, 3.05) is 0 Å². The number of hydrogen-bond acceptors (Lipinski definition) is 5. The third-order valence-electron chi connectivity index (χ3n) is 3.54. The lowest BCUT2D eigenvalue weighted by Crippen LogP contribution is -2.08. The smallest absolute Gasteiger partial charge is 0.331 e. The largest absolute Gasteiger partial charge is 0.416 e. The zero-order chi connectivity index (χ0) is 21.6. The van der Waals surface area contributed by atoms with Crippen LogP contribution in [0.1, 0.15) is 11.5 Å². The third kappa shape index (κ3) is 4.36. The molecule has 0 atom stereocenters. The van der Waals surface area contributed by atoms with Gasteiger partial charge in [0.05, 0.1) is 20.4 Å². The molecule has 0 saturated heterocycles. The van der Waals surface area contributed by atoms with E-state index in [2.05, 4.69) is 20.7 Å². The number of benzene rings is 2. The van der Waals surface area contributed by atoms with Gasteiger partial charge < -0.3 is 4.52 Å². The summed E-state index contributed by atoms with van der Waals surface area (Å²) in [5.74, 6) is -1.58. The Kier molecular flexibility index (Phi) is 5.35. The van der Waals surface area contributed by atoms with Gasteiger partial charge in [0.25, 0.3) is 0 Å². The molecule has 5 nitrogen and oxygen atoms in total. The minimum absolute atomic E-state index is 0.0405. The maximum absolute atomic E-state index is 13.0. The fraction of sp³-hybridized carbons (Fsp3) is 0.125. The average molecular weight is 472 g/mol. The van der Waals surface area contributed by atoms with Crippen molar-refractivity contribution in [3.63, 3.8) is 0 Å². The predicted molar refractivity (Wildman–Crippen MR) is 90.2 cm³/mol. The monoisotopic (exact) mass is 471 g/mol. The van der Waals surface area contributed by atoms with Crippen molar-refractivity contribution >= 4 is 33.0 Å². The predicted octanol–water partition coefficient (Wildman–Crippen LogP) is 5.33. The number of aromatic nitrogens is 2. The number of rotatable bonds is 4. The summed E-state index contributed by atoms with van der Waals surface area (Å²) < 4.78 is 94.1. The molecule has 13 heteroatoms. The van der Waals surface area contributed by atoms with E-state index < -0.39 is 47.7 Å². The molecule has 0 amide bonds. The third-order valence-corrected chi connectivity index (χ3v) is 5.88. The lowest BCUT2D eigenvalue weighted by Gasteiger charge is -2.11. The highest BCUT2D eigenvalue weighted by Crippen LogP contribution is 2.36. The van der Waals surface area contributed by atoms with Gasteiger partial charge in [-0.25, -0.2) is 8.42 Å². The molecule has 0 N–H and O–H groups in total. The van der Waals surface area contributed by atoms with Crippen molar-refractivity contribution in [3.05, 3.63) is 58.9 Å². The highest BCUT2D eigenvalue weighted by Gasteiger charge is 2.36. The van der Waals surface area contributed by atoms with Crippen LogP contribution in [0.3, 0.4) is 0 Å². The van der Waals surface area contributed by atoms with Crippen molar-refractivity contribution in [1.29, 1.82) is 0 Å². The number of sulfone groups is 1. The lowest BCUT2D eigenvalue weighted by molar-refractivity contribution is -0.137. The SMILES string of the molecule is O=S(=O)(c1[c]ccc(-c2noc(C(F)(F)Cl)n2)c1)c1ccc(C(F)(F)F)cc1Cl. The van der Waals surface area contributed by atoms with Crippen LogP contribution in [0.5, 0.6) is 0 Å². The van der Waals surface area contributed by atoms with Crippen LogP contribution in [0, 0.1) is 6.07 Å². The first-order chi connectivity index (χ1) is 13.3. The lowest BCUT2D eigenvalue weighted by atomic mass is 10.2. The van der Waals surface area contributed by atoms with Crippen LogP contribution in [0.15, 0.2) is 50.7 Å². The Balaban J connectivity index is 2.03. The molecule has 0 aliphatic heterocycles.